The van der Waals surface area contributed by atoms with Gasteiger partial charge < -0.3 is 15.0 Å². The Labute approximate surface area is 125 Å². The zero-order chi connectivity index (χ0) is 15.1. The van der Waals surface area contributed by atoms with E-state index < -0.39 is 0 Å². The quantitative estimate of drug-likeness (QED) is 0.896. The Morgan fingerprint density at radius 1 is 1.43 bits per heavy atom. The molecule has 0 aromatic heterocycles. The highest BCUT2D eigenvalue weighted by Crippen LogP contribution is 2.09. The number of hydrogen-bond donors (Lipinski definition) is 1. The molecule has 0 aliphatic carbocycles. The van der Waals surface area contributed by atoms with E-state index in [9.17, 15) is 9.18 Å². The molecule has 1 aliphatic rings. The first-order valence-electron chi connectivity index (χ1n) is 7.68. The molecule has 0 spiro atoms. The molecule has 1 aromatic carbocycles. The minimum Gasteiger partial charge on any atom is -0.450 e. The van der Waals surface area contributed by atoms with Crippen LogP contribution in [0.2, 0.25) is 0 Å². The Bertz CT molecular complexity index is 459. The van der Waals surface area contributed by atoms with Crippen LogP contribution in [-0.4, -0.2) is 43.3 Å². The third-order valence-corrected chi connectivity index (χ3v) is 3.89. The molecule has 1 aromatic rings. The van der Waals surface area contributed by atoms with Gasteiger partial charge in [-0.3, -0.25) is 0 Å². The van der Waals surface area contributed by atoms with Crippen molar-refractivity contribution in [3.63, 3.8) is 0 Å². The van der Waals surface area contributed by atoms with Crippen LogP contribution in [-0.2, 0) is 11.2 Å². The number of piperidine rings is 1. The molecule has 116 valence electrons. The lowest BCUT2D eigenvalue weighted by molar-refractivity contribution is -0.691. The summed E-state index contributed by atoms with van der Waals surface area (Å²) in [6.45, 7) is 4.73. The molecule has 0 radical (unpaired) electrons. The topological polar surface area (TPSA) is 46.1 Å². The number of halogens is 1. The van der Waals surface area contributed by atoms with Gasteiger partial charge in [0.15, 0.2) is 0 Å². The fraction of sp³-hybridized carbons (Fsp3) is 0.562. The SMILES string of the molecule is CCOC(=O)N1CCC([NH2+]CCc2cccc(F)c2)CC1. The molecule has 0 unspecified atom stereocenters. The summed E-state index contributed by atoms with van der Waals surface area (Å²) < 4.78 is 18.1. The molecule has 2 N–H and O–H groups in total. The average molecular weight is 295 g/mol. The van der Waals surface area contributed by atoms with Gasteiger partial charge in [-0.2, -0.15) is 0 Å². The number of quaternary nitrogens is 1. The van der Waals surface area contributed by atoms with Crippen LogP contribution in [0, 0.1) is 5.82 Å². The van der Waals surface area contributed by atoms with Crippen LogP contribution >= 0.6 is 0 Å². The molecule has 1 aliphatic heterocycles. The van der Waals surface area contributed by atoms with Gasteiger partial charge in [0, 0.05) is 32.4 Å². The van der Waals surface area contributed by atoms with E-state index in [-0.39, 0.29) is 11.9 Å². The van der Waals surface area contributed by atoms with Crippen LogP contribution < -0.4 is 5.32 Å². The minimum atomic E-state index is -0.198. The van der Waals surface area contributed by atoms with E-state index in [4.69, 9.17) is 4.74 Å². The van der Waals surface area contributed by atoms with Gasteiger partial charge in [-0.25, -0.2) is 9.18 Å². The van der Waals surface area contributed by atoms with Crippen LogP contribution in [0.4, 0.5) is 9.18 Å². The average Bonchev–Trinajstić information content (AvgIpc) is 2.48. The normalized spacial score (nSPS) is 16.0. The minimum absolute atomic E-state index is 0.171. The van der Waals surface area contributed by atoms with E-state index in [0.717, 1.165) is 44.5 Å². The number of amides is 1. The molecule has 0 atom stereocenters. The van der Waals surface area contributed by atoms with Gasteiger partial charge in [0.05, 0.1) is 19.2 Å². The molecule has 1 fully saturated rings. The lowest BCUT2D eigenvalue weighted by Gasteiger charge is -2.29. The lowest BCUT2D eigenvalue weighted by atomic mass is 10.0. The number of carbonyl (C=O) groups excluding carboxylic acids is 1. The van der Waals surface area contributed by atoms with E-state index >= 15 is 0 Å². The van der Waals surface area contributed by atoms with Gasteiger partial charge in [-0.05, 0) is 24.6 Å². The predicted octanol–water partition coefficient (Wildman–Crippen LogP) is 1.55. The third-order valence-electron chi connectivity index (χ3n) is 3.89. The van der Waals surface area contributed by atoms with E-state index in [1.807, 2.05) is 13.0 Å². The fourth-order valence-corrected chi connectivity index (χ4v) is 2.71. The first-order chi connectivity index (χ1) is 10.2. The van der Waals surface area contributed by atoms with Crippen molar-refractivity contribution < 1.29 is 19.2 Å². The first-order valence-corrected chi connectivity index (χ1v) is 7.68. The molecular weight excluding hydrogens is 271 g/mol. The van der Waals surface area contributed by atoms with E-state index in [0.29, 0.717) is 12.6 Å². The largest absolute Gasteiger partial charge is 0.450 e. The van der Waals surface area contributed by atoms with Crippen LogP contribution in [0.5, 0.6) is 0 Å². The molecule has 2 rings (SSSR count). The summed E-state index contributed by atoms with van der Waals surface area (Å²) >= 11 is 0. The Kier molecular flexibility index (Phi) is 5.99. The maximum atomic E-state index is 13.1. The van der Waals surface area contributed by atoms with Crippen LogP contribution in [0.1, 0.15) is 25.3 Å². The van der Waals surface area contributed by atoms with Gasteiger partial charge in [0.1, 0.15) is 5.82 Å². The van der Waals surface area contributed by atoms with E-state index in [2.05, 4.69) is 5.32 Å². The van der Waals surface area contributed by atoms with Crippen molar-refractivity contribution >= 4 is 6.09 Å². The molecule has 4 nitrogen and oxygen atoms in total. The molecule has 0 bridgehead atoms. The highest BCUT2D eigenvalue weighted by Gasteiger charge is 2.25. The van der Waals surface area contributed by atoms with Crippen molar-refractivity contribution in [1.82, 2.24) is 4.90 Å². The van der Waals surface area contributed by atoms with Crippen LogP contribution in [0.3, 0.4) is 0 Å². The zero-order valence-corrected chi connectivity index (χ0v) is 12.6. The second-order valence-corrected chi connectivity index (χ2v) is 5.43. The maximum absolute atomic E-state index is 13.1. The summed E-state index contributed by atoms with van der Waals surface area (Å²) in [6.07, 6.45) is 2.65. The van der Waals surface area contributed by atoms with Crippen LogP contribution in [0.15, 0.2) is 24.3 Å². The second kappa shape index (κ2) is 7.98. The Morgan fingerprint density at radius 2 is 2.19 bits per heavy atom. The monoisotopic (exact) mass is 295 g/mol. The summed E-state index contributed by atoms with van der Waals surface area (Å²) in [5, 5.41) is 2.31. The van der Waals surface area contributed by atoms with Gasteiger partial charge in [-0.1, -0.05) is 12.1 Å². The Morgan fingerprint density at radius 3 is 2.86 bits per heavy atom. The molecule has 1 heterocycles. The van der Waals surface area contributed by atoms with Gasteiger partial charge in [0.2, 0.25) is 0 Å². The van der Waals surface area contributed by atoms with Crippen LogP contribution in [0.25, 0.3) is 0 Å². The zero-order valence-electron chi connectivity index (χ0n) is 12.6. The predicted molar refractivity (Wildman–Crippen MR) is 78.5 cm³/mol. The molecule has 1 amide bonds. The van der Waals surface area contributed by atoms with Crippen molar-refractivity contribution in [1.29, 1.82) is 0 Å². The maximum Gasteiger partial charge on any atom is 0.409 e. The number of carbonyl (C=O) groups is 1. The lowest BCUT2D eigenvalue weighted by Crippen LogP contribution is -2.91. The number of likely N-dealkylation sites (tertiary alicyclic amines) is 1. The van der Waals surface area contributed by atoms with Crippen molar-refractivity contribution in [2.24, 2.45) is 0 Å². The third kappa shape index (κ3) is 5.01. The second-order valence-electron chi connectivity index (χ2n) is 5.43. The first kappa shape index (κ1) is 15.8. The number of nitrogens with zero attached hydrogens (tertiary/aromatic N) is 1. The molecule has 21 heavy (non-hydrogen) atoms. The fourth-order valence-electron chi connectivity index (χ4n) is 2.71. The highest BCUT2D eigenvalue weighted by atomic mass is 19.1. The number of benzene rings is 1. The van der Waals surface area contributed by atoms with E-state index in [1.165, 1.54) is 6.07 Å². The number of rotatable bonds is 5. The van der Waals surface area contributed by atoms with Crippen molar-refractivity contribution in [3.8, 4) is 0 Å². The van der Waals surface area contributed by atoms with Crippen molar-refractivity contribution in [2.45, 2.75) is 32.2 Å². The Hall–Kier alpha value is -1.62. The summed E-state index contributed by atoms with van der Waals surface area (Å²) in [5.41, 5.74) is 1.04. The van der Waals surface area contributed by atoms with Gasteiger partial charge in [0.25, 0.3) is 0 Å². The number of nitrogens with two attached hydrogens (primary N) is 1. The van der Waals surface area contributed by atoms with E-state index in [1.54, 1.807) is 17.0 Å². The standard InChI is InChI=1S/C16H23FN2O2/c1-2-21-16(20)19-10-7-15(8-11-19)18-9-6-13-4-3-5-14(17)12-13/h3-5,12,15,18H,2,6-11H2,1H3/p+1. The summed E-state index contributed by atoms with van der Waals surface area (Å²) in [4.78, 5) is 13.4. The smallest absolute Gasteiger partial charge is 0.409 e. The molecule has 0 saturated carbocycles. The molecule has 5 heteroatoms. The highest BCUT2D eigenvalue weighted by molar-refractivity contribution is 5.67. The number of hydrogen-bond acceptors (Lipinski definition) is 2. The van der Waals surface area contributed by atoms with Gasteiger partial charge >= 0.3 is 6.09 Å². The summed E-state index contributed by atoms with van der Waals surface area (Å²) in [7, 11) is 0. The van der Waals surface area contributed by atoms with Crippen molar-refractivity contribution in [2.75, 3.05) is 26.2 Å². The molecule has 1 saturated heterocycles. The molecular formula is C16H24FN2O2+. The van der Waals surface area contributed by atoms with Crippen molar-refractivity contribution in [3.05, 3.63) is 35.6 Å². The number of ether oxygens (including phenoxy) is 1. The Balaban J connectivity index is 1.66. The summed E-state index contributed by atoms with van der Waals surface area (Å²) in [6, 6.07) is 7.32. The summed E-state index contributed by atoms with van der Waals surface area (Å²) in [5.74, 6) is -0.171. The van der Waals surface area contributed by atoms with Gasteiger partial charge in [-0.15, -0.1) is 0 Å².